The maximum Gasteiger partial charge on any atom is 0.374 e. The highest BCUT2D eigenvalue weighted by Crippen LogP contribution is 2.37. The fourth-order valence-electron chi connectivity index (χ4n) is 3.75. The molecule has 0 amide bonds. The first-order chi connectivity index (χ1) is 13.8. The van der Waals surface area contributed by atoms with E-state index in [0.717, 1.165) is 6.42 Å². The van der Waals surface area contributed by atoms with Crippen molar-refractivity contribution in [1.29, 1.82) is 0 Å². The molecule has 1 saturated heterocycles. The van der Waals surface area contributed by atoms with Crippen molar-refractivity contribution >= 4 is 27.0 Å². The quantitative estimate of drug-likeness (QED) is 0.582. The van der Waals surface area contributed by atoms with Gasteiger partial charge in [0, 0.05) is 23.6 Å². The fourth-order valence-corrected chi connectivity index (χ4v) is 5.45. The molecule has 1 atom stereocenters. The van der Waals surface area contributed by atoms with Gasteiger partial charge in [-0.05, 0) is 51.8 Å². The van der Waals surface area contributed by atoms with Crippen LogP contribution in [0.3, 0.4) is 0 Å². The number of benzene rings is 1. The van der Waals surface area contributed by atoms with Crippen molar-refractivity contribution in [3.05, 3.63) is 47.0 Å². The van der Waals surface area contributed by atoms with Crippen LogP contribution in [0.1, 0.15) is 53.4 Å². The normalized spacial score (nSPS) is 17.8. The monoisotopic (exact) mass is 418 g/mol. The average molecular weight is 418 g/mol. The van der Waals surface area contributed by atoms with Crippen LogP contribution in [0.2, 0.25) is 0 Å². The Hall–Kier alpha value is -2.65. The topological polar surface area (TPSA) is 103 Å². The minimum Gasteiger partial charge on any atom is -0.460 e. The molecule has 8 nitrogen and oxygen atoms in total. The molecule has 0 bridgehead atoms. The van der Waals surface area contributed by atoms with E-state index in [-0.39, 0.29) is 23.3 Å². The van der Waals surface area contributed by atoms with Gasteiger partial charge in [0.1, 0.15) is 17.0 Å². The van der Waals surface area contributed by atoms with Gasteiger partial charge in [-0.25, -0.2) is 13.2 Å². The van der Waals surface area contributed by atoms with Crippen LogP contribution in [0.5, 0.6) is 0 Å². The number of hydrogen-bond acceptors (Lipinski definition) is 7. The minimum atomic E-state index is -3.76. The predicted molar refractivity (Wildman–Crippen MR) is 104 cm³/mol. The minimum absolute atomic E-state index is 0.0912. The number of carbonyl (C=O) groups is 1. The third kappa shape index (κ3) is 3.34. The lowest BCUT2D eigenvalue weighted by Crippen LogP contribution is -2.30. The van der Waals surface area contributed by atoms with E-state index in [2.05, 4.69) is 5.16 Å². The van der Waals surface area contributed by atoms with E-state index in [1.165, 1.54) is 10.4 Å². The number of ether oxygens (including phenoxy) is 1. The third-order valence-electron chi connectivity index (χ3n) is 5.17. The first-order valence-corrected chi connectivity index (χ1v) is 10.9. The van der Waals surface area contributed by atoms with Crippen molar-refractivity contribution in [1.82, 2.24) is 9.46 Å². The highest BCUT2D eigenvalue weighted by Gasteiger charge is 2.38. The summed E-state index contributed by atoms with van der Waals surface area (Å²) in [6.45, 7) is 5.85. The number of esters is 1. The molecule has 0 saturated carbocycles. The van der Waals surface area contributed by atoms with E-state index in [1.807, 2.05) is 0 Å². The number of nitrogens with zero attached hydrogens (tertiary/aromatic N) is 2. The van der Waals surface area contributed by atoms with Crippen LogP contribution in [-0.2, 0) is 14.8 Å². The first kappa shape index (κ1) is 19.7. The van der Waals surface area contributed by atoms with E-state index in [9.17, 15) is 13.2 Å². The van der Waals surface area contributed by atoms with Crippen LogP contribution in [-0.4, -0.2) is 37.0 Å². The molecule has 3 heterocycles. The van der Waals surface area contributed by atoms with Crippen LogP contribution in [0.25, 0.3) is 11.0 Å². The summed E-state index contributed by atoms with van der Waals surface area (Å²) in [5, 5.41) is 4.58. The van der Waals surface area contributed by atoms with E-state index in [0.29, 0.717) is 41.0 Å². The van der Waals surface area contributed by atoms with E-state index in [4.69, 9.17) is 13.7 Å². The Balaban J connectivity index is 1.73. The molecule has 3 aromatic rings. The Morgan fingerprint density at radius 1 is 1.31 bits per heavy atom. The molecule has 4 rings (SSSR count). The van der Waals surface area contributed by atoms with Crippen LogP contribution in [0.4, 0.5) is 0 Å². The number of rotatable bonds is 5. The van der Waals surface area contributed by atoms with Gasteiger partial charge in [0.2, 0.25) is 15.8 Å². The number of sulfonamides is 1. The SMILES string of the molecule is CCOC(=O)c1oc2ccc(S(=O)(=O)N3CCC[C@H]3c3cc(C)on3)cc2c1C. The maximum atomic E-state index is 13.4. The Kier molecular flexibility index (Phi) is 4.95. The second-order valence-electron chi connectivity index (χ2n) is 7.07. The summed E-state index contributed by atoms with van der Waals surface area (Å²) in [6.07, 6.45) is 1.43. The zero-order valence-electron chi connectivity index (χ0n) is 16.5. The molecule has 0 N–H and O–H groups in total. The number of aryl methyl sites for hydroxylation is 2. The molecule has 1 aromatic carbocycles. The van der Waals surface area contributed by atoms with E-state index in [1.54, 1.807) is 39.0 Å². The Morgan fingerprint density at radius 3 is 2.79 bits per heavy atom. The number of furan rings is 1. The van der Waals surface area contributed by atoms with Crippen LogP contribution >= 0.6 is 0 Å². The zero-order valence-corrected chi connectivity index (χ0v) is 17.3. The van der Waals surface area contributed by atoms with Crippen LogP contribution in [0, 0.1) is 13.8 Å². The summed E-state index contributed by atoms with van der Waals surface area (Å²) in [4.78, 5) is 12.2. The summed E-state index contributed by atoms with van der Waals surface area (Å²) >= 11 is 0. The summed E-state index contributed by atoms with van der Waals surface area (Å²) in [5.41, 5.74) is 1.61. The molecule has 1 aliphatic rings. The third-order valence-corrected chi connectivity index (χ3v) is 7.07. The average Bonchev–Trinajstić information content (AvgIpc) is 3.40. The predicted octanol–water partition coefficient (Wildman–Crippen LogP) is 3.74. The van der Waals surface area contributed by atoms with Crippen LogP contribution in [0.15, 0.2) is 38.1 Å². The number of aromatic nitrogens is 1. The van der Waals surface area contributed by atoms with Crippen molar-refractivity contribution in [2.75, 3.05) is 13.2 Å². The molecule has 2 aromatic heterocycles. The second-order valence-corrected chi connectivity index (χ2v) is 8.96. The standard InChI is InChI=1S/C20H22N2O6S/c1-4-26-20(23)19-13(3)15-11-14(7-8-18(15)27-19)29(24,25)22-9-5-6-17(22)16-10-12(2)28-21-16/h7-8,10-11,17H,4-6,9H2,1-3H3/t17-/m0/s1. The Bertz CT molecular complexity index is 1180. The van der Waals surface area contributed by atoms with Gasteiger partial charge in [0.05, 0.1) is 17.5 Å². The molecular weight excluding hydrogens is 396 g/mol. The summed E-state index contributed by atoms with van der Waals surface area (Å²) in [5.74, 6) is 0.173. The molecule has 29 heavy (non-hydrogen) atoms. The lowest BCUT2D eigenvalue weighted by Gasteiger charge is -2.22. The molecule has 0 radical (unpaired) electrons. The van der Waals surface area contributed by atoms with Gasteiger partial charge in [0.15, 0.2) is 0 Å². The highest BCUT2D eigenvalue weighted by molar-refractivity contribution is 7.89. The molecular formula is C20H22N2O6S. The number of hydrogen-bond donors (Lipinski definition) is 0. The van der Waals surface area contributed by atoms with Gasteiger partial charge >= 0.3 is 5.97 Å². The van der Waals surface area contributed by atoms with Crippen molar-refractivity contribution in [2.24, 2.45) is 0 Å². The van der Waals surface area contributed by atoms with Crippen molar-refractivity contribution in [3.63, 3.8) is 0 Å². The van der Waals surface area contributed by atoms with Gasteiger partial charge in [-0.15, -0.1) is 0 Å². The van der Waals surface area contributed by atoms with Gasteiger partial charge in [0.25, 0.3) is 0 Å². The van der Waals surface area contributed by atoms with Gasteiger partial charge in [-0.1, -0.05) is 5.16 Å². The fraction of sp³-hybridized carbons (Fsp3) is 0.400. The maximum absolute atomic E-state index is 13.4. The zero-order chi connectivity index (χ0) is 20.8. The lowest BCUT2D eigenvalue weighted by atomic mass is 10.1. The van der Waals surface area contributed by atoms with Gasteiger partial charge in [-0.3, -0.25) is 0 Å². The van der Waals surface area contributed by atoms with Crippen molar-refractivity contribution in [2.45, 2.75) is 44.6 Å². The second kappa shape index (κ2) is 7.31. The van der Waals surface area contributed by atoms with E-state index >= 15 is 0 Å². The molecule has 0 spiro atoms. The number of carbonyl (C=O) groups excluding carboxylic acids is 1. The summed E-state index contributed by atoms with van der Waals surface area (Å²) < 4.78 is 43.9. The van der Waals surface area contributed by atoms with Crippen molar-refractivity contribution < 1.29 is 26.9 Å². The first-order valence-electron chi connectivity index (χ1n) is 9.48. The Labute approximate surface area is 168 Å². The molecule has 0 aliphatic carbocycles. The van der Waals surface area contributed by atoms with E-state index < -0.39 is 16.0 Å². The largest absolute Gasteiger partial charge is 0.460 e. The van der Waals surface area contributed by atoms with Crippen LogP contribution < -0.4 is 0 Å². The lowest BCUT2D eigenvalue weighted by molar-refractivity contribution is 0.0491. The molecule has 9 heteroatoms. The molecule has 154 valence electrons. The summed E-state index contributed by atoms with van der Waals surface area (Å²) in [6, 6.07) is 6.04. The van der Waals surface area contributed by atoms with Crippen molar-refractivity contribution in [3.8, 4) is 0 Å². The number of fused-ring (bicyclic) bond motifs is 1. The highest BCUT2D eigenvalue weighted by atomic mass is 32.2. The smallest absolute Gasteiger partial charge is 0.374 e. The molecule has 0 unspecified atom stereocenters. The Morgan fingerprint density at radius 2 is 2.10 bits per heavy atom. The van der Waals surface area contributed by atoms with Gasteiger partial charge < -0.3 is 13.7 Å². The molecule has 1 fully saturated rings. The van der Waals surface area contributed by atoms with Gasteiger partial charge in [-0.2, -0.15) is 4.31 Å². The summed E-state index contributed by atoms with van der Waals surface area (Å²) in [7, 11) is -3.76. The molecule has 1 aliphatic heterocycles.